The van der Waals surface area contributed by atoms with E-state index >= 15 is 0 Å². The lowest BCUT2D eigenvalue weighted by molar-refractivity contribution is 0.0523. The first-order valence-corrected chi connectivity index (χ1v) is 9.58. The van der Waals surface area contributed by atoms with Crippen LogP contribution in [0.4, 0.5) is 9.18 Å². The van der Waals surface area contributed by atoms with Crippen molar-refractivity contribution in [2.75, 3.05) is 0 Å². The van der Waals surface area contributed by atoms with Gasteiger partial charge in [-0.1, -0.05) is 0 Å². The van der Waals surface area contributed by atoms with Crippen LogP contribution in [0.25, 0.3) is 16.8 Å². The Kier molecular flexibility index (Phi) is 5.27. The number of nitrogens with one attached hydrogen (secondary N) is 1. The van der Waals surface area contributed by atoms with Crippen LogP contribution in [0.5, 0.6) is 0 Å². The summed E-state index contributed by atoms with van der Waals surface area (Å²) in [6, 6.07) is 4.53. The normalized spacial score (nSPS) is 16.3. The first-order valence-electron chi connectivity index (χ1n) is 8.31. The molecule has 8 heteroatoms. The number of carbonyl (C=O) groups is 1. The van der Waals surface area contributed by atoms with Gasteiger partial charge in [-0.25, -0.2) is 13.9 Å². The van der Waals surface area contributed by atoms with Crippen LogP contribution in [0.3, 0.4) is 0 Å². The number of hydrogen-bond donors (Lipinski definition) is 1. The maximum atomic E-state index is 14.0. The Labute approximate surface area is 159 Å². The van der Waals surface area contributed by atoms with Gasteiger partial charge in [0.15, 0.2) is 0 Å². The van der Waals surface area contributed by atoms with Gasteiger partial charge in [-0.05, 0) is 56.2 Å². The minimum atomic E-state index is -1.13. The van der Waals surface area contributed by atoms with Gasteiger partial charge in [-0.15, -0.1) is 0 Å². The molecule has 0 saturated heterocycles. The van der Waals surface area contributed by atoms with Crippen LogP contribution in [0.1, 0.15) is 26.3 Å². The molecule has 1 aliphatic rings. The monoisotopic (exact) mass is 389 g/mol. The number of nitrogens with zero attached hydrogens (tertiary/aromatic N) is 2. The molecule has 0 saturated carbocycles. The number of carbonyl (C=O) groups excluding carboxylic acids is 1. The van der Waals surface area contributed by atoms with Gasteiger partial charge in [0, 0.05) is 29.1 Å². The van der Waals surface area contributed by atoms with Gasteiger partial charge >= 0.3 is 6.09 Å². The van der Waals surface area contributed by atoms with E-state index in [1.165, 1.54) is 12.1 Å². The smallest absolute Gasteiger partial charge is 0.407 e. The minimum Gasteiger partial charge on any atom is -0.444 e. The fraction of sp³-hybridized carbons (Fsp3) is 0.263. The highest BCUT2D eigenvalue weighted by Crippen LogP contribution is 2.24. The van der Waals surface area contributed by atoms with E-state index in [9.17, 15) is 13.4 Å². The Morgan fingerprint density at radius 2 is 2.07 bits per heavy atom. The third-order valence-electron chi connectivity index (χ3n) is 3.58. The zero-order chi connectivity index (χ0) is 19.6. The number of rotatable bonds is 4. The molecule has 2 aromatic rings. The SMILES string of the molecule is CC(C)(C)OC(=O)NCc1cc(F)cc(-c2cnn(C3=CS(=O)C=C3)c2)c1. The molecule has 6 nitrogen and oxygen atoms in total. The van der Waals surface area contributed by atoms with Crippen LogP contribution in [0.15, 0.2) is 47.5 Å². The van der Waals surface area contributed by atoms with Crippen molar-refractivity contribution in [3.8, 4) is 11.1 Å². The van der Waals surface area contributed by atoms with Crippen molar-refractivity contribution >= 4 is 22.6 Å². The molecule has 27 heavy (non-hydrogen) atoms. The molecule has 1 amide bonds. The molecular formula is C19H20FN3O3S. The van der Waals surface area contributed by atoms with E-state index in [4.69, 9.17) is 4.74 Å². The van der Waals surface area contributed by atoms with E-state index < -0.39 is 28.3 Å². The zero-order valence-electron chi connectivity index (χ0n) is 15.2. The van der Waals surface area contributed by atoms with Gasteiger partial charge in [0.2, 0.25) is 0 Å². The quantitative estimate of drug-likeness (QED) is 0.864. The Hall–Kier alpha value is -2.74. The molecule has 0 aliphatic carbocycles. The summed E-state index contributed by atoms with van der Waals surface area (Å²) in [6.07, 6.45) is 4.50. The summed E-state index contributed by atoms with van der Waals surface area (Å²) in [6.45, 7) is 5.46. The number of ether oxygens (including phenoxy) is 1. The van der Waals surface area contributed by atoms with Crippen molar-refractivity contribution < 1.29 is 18.1 Å². The number of alkyl carbamates (subject to hydrolysis) is 1. The second-order valence-electron chi connectivity index (χ2n) is 7.05. The number of benzene rings is 1. The summed E-state index contributed by atoms with van der Waals surface area (Å²) >= 11 is 0. The van der Waals surface area contributed by atoms with Crippen molar-refractivity contribution in [2.24, 2.45) is 0 Å². The highest BCUT2D eigenvalue weighted by Gasteiger charge is 2.16. The highest BCUT2D eigenvalue weighted by molar-refractivity contribution is 7.91. The third-order valence-corrected chi connectivity index (χ3v) is 4.46. The Morgan fingerprint density at radius 1 is 1.30 bits per heavy atom. The van der Waals surface area contributed by atoms with E-state index in [0.717, 1.165) is 0 Å². The van der Waals surface area contributed by atoms with Crippen molar-refractivity contribution in [3.05, 3.63) is 58.9 Å². The maximum Gasteiger partial charge on any atom is 0.407 e. The molecule has 1 aliphatic heterocycles. The molecule has 1 N–H and O–H groups in total. The average molecular weight is 389 g/mol. The Morgan fingerprint density at radius 3 is 2.74 bits per heavy atom. The number of aromatic nitrogens is 2. The number of hydrogen-bond acceptors (Lipinski definition) is 4. The molecule has 1 aromatic heterocycles. The van der Waals surface area contributed by atoms with E-state index in [2.05, 4.69) is 10.4 Å². The molecule has 3 rings (SSSR count). The molecular weight excluding hydrogens is 369 g/mol. The third kappa shape index (κ3) is 5.13. The molecule has 142 valence electrons. The summed E-state index contributed by atoms with van der Waals surface area (Å²) in [5.74, 6) is -0.415. The zero-order valence-corrected chi connectivity index (χ0v) is 16.0. The fourth-order valence-corrected chi connectivity index (χ4v) is 3.26. The summed E-state index contributed by atoms with van der Waals surface area (Å²) in [5, 5.41) is 10.00. The minimum absolute atomic E-state index is 0.140. The van der Waals surface area contributed by atoms with E-state index in [1.807, 2.05) is 0 Å². The van der Waals surface area contributed by atoms with Gasteiger partial charge < -0.3 is 10.1 Å². The van der Waals surface area contributed by atoms with Crippen LogP contribution in [0.2, 0.25) is 0 Å². The van der Waals surface area contributed by atoms with Crippen molar-refractivity contribution in [1.82, 2.24) is 15.1 Å². The molecule has 0 radical (unpaired) electrons. The van der Waals surface area contributed by atoms with E-state index in [0.29, 0.717) is 22.4 Å². The highest BCUT2D eigenvalue weighted by atomic mass is 32.2. The van der Waals surface area contributed by atoms with Gasteiger partial charge in [0.05, 0.1) is 22.7 Å². The molecule has 0 fully saturated rings. The van der Waals surface area contributed by atoms with Gasteiger partial charge in [-0.3, -0.25) is 4.21 Å². The summed E-state index contributed by atoms with van der Waals surface area (Å²) in [7, 11) is -1.13. The van der Waals surface area contributed by atoms with Crippen molar-refractivity contribution in [3.63, 3.8) is 0 Å². The van der Waals surface area contributed by atoms with E-state index in [1.54, 1.807) is 60.8 Å². The number of amides is 1. The lowest BCUT2D eigenvalue weighted by Crippen LogP contribution is -2.32. The molecule has 1 atom stereocenters. The maximum absolute atomic E-state index is 14.0. The summed E-state index contributed by atoms with van der Waals surface area (Å²) in [5.41, 5.74) is 2.04. The topological polar surface area (TPSA) is 73.2 Å². The first-order chi connectivity index (χ1) is 12.7. The largest absolute Gasteiger partial charge is 0.444 e. The molecule has 0 spiro atoms. The van der Waals surface area contributed by atoms with Crippen molar-refractivity contribution in [2.45, 2.75) is 32.9 Å². The number of allylic oxidation sites excluding steroid dienone is 2. The lowest BCUT2D eigenvalue weighted by atomic mass is 10.1. The fourth-order valence-electron chi connectivity index (χ4n) is 2.49. The first kappa shape index (κ1) is 19.0. The second-order valence-corrected chi connectivity index (χ2v) is 8.22. The van der Waals surface area contributed by atoms with Crippen molar-refractivity contribution in [1.29, 1.82) is 0 Å². The molecule has 1 unspecified atom stereocenters. The van der Waals surface area contributed by atoms with Gasteiger partial charge in [0.25, 0.3) is 0 Å². The van der Waals surface area contributed by atoms with Crippen LogP contribution < -0.4 is 5.32 Å². The van der Waals surface area contributed by atoms with Gasteiger partial charge in [0.1, 0.15) is 11.4 Å². The van der Waals surface area contributed by atoms with Crippen LogP contribution in [-0.2, 0) is 22.1 Å². The second kappa shape index (κ2) is 7.48. The van der Waals surface area contributed by atoms with Crippen LogP contribution in [0, 0.1) is 5.82 Å². The molecule has 0 bridgehead atoms. The Balaban J connectivity index is 1.75. The predicted molar refractivity (Wildman–Crippen MR) is 102 cm³/mol. The summed E-state index contributed by atoms with van der Waals surface area (Å²) in [4.78, 5) is 11.8. The van der Waals surface area contributed by atoms with Crippen LogP contribution >= 0.6 is 0 Å². The lowest BCUT2D eigenvalue weighted by Gasteiger charge is -2.19. The van der Waals surface area contributed by atoms with E-state index in [-0.39, 0.29) is 6.54 Å². The van der Waals surface area contributed by atoms with Gasteiger partial charge in [-0.2, -0.15) is 5.10 Å². The standard InChI is InChI=1S/C19H20FN3O3S/c1-19(2,3)26-18(24)21-9-13-6-14(8-16(20)7-13)15-10-22-23(11-15)17-4-5-27(25)12-17/h4-8,10-12H,9H2,1-3H3,(H,21,24). The average Bonchev–Trinajstić information content (AvgIpc) is 3.19. The summed E-state index contributed by atoms with van der Waals surface area (Å²) < 4.78 is 32.2. The van der Waals surface area contributed by atoms with Crippen LogP contribution in [-0.4, -0.2) is 25.7 Å². The Bertz CT molecular complexity index is 957. The molecule has 1 aromatic carbocycles. The predicted octanol–water partition coefficient (Wildman–Crippen LogP) is 3.79. The number of halogens is 1. The molecule has 2 heterocycles.